The van der Waals surface area contributed by atoms with Gasteiger partial charge in [0.25, 0.3) is 0 Å². The van der Waals surface area contributed by atoms with Crippen molar-refractivity contribution in [3.05, 3.63) is 11.6 Å². The molecular weight excluding hydrogens is 456 g/mol. The molecule has 36 heavy (non-hydrogen) atoms. The summed E-state index contributed by atoms with van der Waals surface area (Å²) in [6, 6.07) is 0. The maximum absolute atomic E-state index is 12.8. The number of hydrogen-bond donors (Lipinski definition) is 5. The van der Waals surface area contributed by atoms with E-state index in [4.69, 9.17) is 0 Å². The van der Waals surface area contributed by atoms with E-state index >= 15 is 0 Å². The molecule has 11 atom stereocenters. The molecule has 0 aliphatic heterocycles. The molecule has 0 saturated heterocycles. The quantitative estimate of drug-likeness (QED) is 0.361. The number of rotatable bonds is 2. The van der Waals surface area contributed by atoms with Crippen molar-refractivity contribution < 1.29 is 30.3 Å². The Balaban J connectivity index is 1.64. The molecule has 204 valence electrons. The third-order valence-corrected chi connectivity index (χ3v) is 13.3. The third-order valence-electron chi connectivity index (χ3n) is 13.3. The van der Waals surface area contributed by atoms with Crippen LogP contribution < -0.4 is 0 Å². The molecular formula is C30H48O6. The van der Waals surface area contributed by atoms with Crippen LogP contribution in [0.2, 0.25) is 0 Å². The zero-order chi connectivity index (χ0) is 26.7. The van der Waals surface area contributed by atoms with Crippen LogP contribution >= 0.6 is 0 Å². The number of allylic oxidation sites excluding steroid dienone is 2. The Kier molecular flexibility index (Phi) is 5.77. The van der Waals surface area contributed by atoms with Crippen LogP contribution in [0.5, 0.6) is 0 Å². The smallest absolute Gasteiger partial charge is 0.310 e. The molecule has 0 aromatic rings. The Morgan fingerprint density at radius 1 is 0.917 bits per heavy atom. The molecule has 2 unspecified atom stereocenters. The van der Waals surface area contributed by atoms with Crippen molar-refractivity contribution in [3.63, 3.8) is 0 Å². The number of aliphatic carboxylic acids is 1. The van der Waals surface area contributed by atoms with Crippen molar-refractivity contribution in [2.75, 3.05) is 6.61 Å². The molecule has 0 heterocycles. The van der Waals surface area contributed by atoms with Gasteiger partial charge in [0, 0.05) is 10.8 Å². The monoisotopic (exact) mass is 504 g/mol. The lowest BCUT2D eigenvalue weighted by molar-refractivity contribution is -0.287. The Morgan fingerprint density at radius 2 is 1.56 bits per heavy atom. The predicted octanol–water partition coefficient (Wildman–Crippen LogP) is 4.15. The number of fused-ring (bicyclic) bond motifs is 7. The fourth-order valence-electron chi connectivity index (χ4n) is 10.7. The number of carboxylic acids is 1. The summed E-state index contributed by atoms with van der Waals surface area (Å²) >= 11 is 0. The van der Waals surface area contributed by atoms with E-state index in [-0.39, 0.29) is 40.6 Å². The Labute approximate surface area is 216 Å². The molecule has 0 amide bonds. The van der Waals surface area contributed by atoms with E-state index in [1.54, 1.807) is 0 Å². The number of hydrogen-bond acceptors (Lipinski definition) is 5. The van der Waals surface area contributed by atoms with Gasteiger partial charge in [0.15, 0.2) is 0 Å². The van der Waals surface area contributed by atoms with Gasteiger partial charge in [-0.05, 0) is 85.4 Å². The molecule has 5 N–H and O–H groups in total. The largest absolute Gasteiger partial charge is 0.481 e. The number of aliphatic hydroxyl groups is 4. The minimum absolute atomic E-state index is 0.0206. The minimum Gasteiger partial charge on any atom is -0.481 e. The summed E-state index contributed by atoms with van der Waals surface area (Å²) < 4.78 is 0. The van der Waals surface area contributed by atoms with Crippen LogP contribution in [0.15, 0.2) is 11.6 Å². The zero-order valence-corrected chi connectivity index (χ0v) is 23.0. The molecule has 0 aromatic carbocycles. The summed E-state index contributed by atoms with van der Waals surface area (Å²) in [5.41, 5.74) is -1.22. The second kappa shape index (κ2) is 7.80. The summed E-state index contributed by atoms with van der Waals surface area (Å²) in [6.45, 7) is 12.9. The highest BCUT2D eigenvalue weighted by Crippen LogP contribution is 2.75. The summed E-state index contributed by atoms with van der Waals surface area (Å²) in [5.74, 6) is -0.704. The maximum Gasteiger partial charge on any atom is 0.310 e. The standard InChI is InChI=1S/C30H48O6/c1-25(2)11-13-30(24(35)36)14-12-27(4)17(18(30)15-25)7-8-20-28(27,5)10-9-19-26(3,16-31)22(33)21(32)23(34)29(19,20)6/h7,18-23,31-34H,8-16H2,1-6H3,(H,35,36)/t18?,19?,20-,21-,22+,23+,26+,27+,28+,29-,30-/m0/s1. The molecule has 5 aliphatic carbocycles. The summed E-state index contributed by atoms with van der Waals surface area (Å²) in [6.07, 6.45) is 5.16. The van der Waals surface area contributed by atoms with E-state index in [2.05, 4.69) is 40.7 Å². The lowest BCUT2D eigenvalue weighted by atomic mass is 9.33. The summed E-state index contributed by atoms with van der Waals surface area (Å²) in [7, 11) is 0. The molecule has 4 fully saturated rings. The normalized spacial score (nSPS) is 55.9. The lowest BCUT2D eigenvalue weighted by Crippen LogP contribution is -2.73. The maximum atomic E-state index is 12.8. The highest BCUT2D eigenvalue weighted by molar-refractivity contribution is 5.76. The van der Waals surface area contributed by atoms with E-state index in [0.717, 1.165) is 44.9 Å². The van der Waals surface area contributed by atoms with Crippen LogP contribution in [-0.2, 0) is 4.79 Å². The fraction of sp³-hybridized carbons (Fsp3) is 0.900. The topological polar surface area (TPSA) is 118 Å². The van der Waals surface area contributed by atoms with Gasteiger partial charge in [-0.2, -0.15) is 0 Å². The van der Waals surface area contributed by atoms with Gasteiger partial charge in [-0.1, -0.05) is 53.2 Å². The zero-order valence-electron chi connectivity index (χ0n) is 23.0. The molecule has 0 bridgehead atoms. The lowest BCUT2D eigenvalue weighted by Gasteiger charge is -2.72. The van der Waals surface area contributed by atoms with Gasteiger partial charge in [-0.3, -0.25) is 4.79 Å². The van der Waals surface area contributed by atoms with Crippen molar-refractivity contribution in [1.29, 1.82) is 0 Å². The average molecular weight is 505 g/mol. The van der Waals surface area contributed by atoms with Gasteiger partial charge < -0.3 is 25.5 Å². The Bertz CT molecular complexity index is 974. The molecule has 5 aliphatic rings. The third kappa shape index (κ3) is 2.96. The van der Waals surface area contributed by atoms with Crippen molar-refractivity contribution in [1.82, 2.24) is 0 Å². The molecule has 0 aromatic heterocycles. The van der Waals surface area contributed by atoms with Crippen LogP contribution in [0.3, 0.4) is 0 Å². The van der Waals surface area contributed by atoms with Crippen LogP contribution in [0.25, 0.3) is 0 Å². The van der Waals surface area contributed by atoms with Crippen molar-refractivity contribution in [2.24, 2.45) is 50.2 Å². The van der Waals surface area contributed by atoms with E-state index in [1.807, 2.05) is 6.92 Å². The molecule has 6 nitrogen and oxygen atoms in total. The molecule has 6 heteroatoms. The molecule has 5 rings (SSSR count). The van der Waals surface area contributed by atoms with Gasteiger partial charge in [0.2, 0.25) is 0 Å². The first-order chi connectivity index (χ1) is 16.5. The van der Waals surface area contributed by atoms with Crippen molar-refractivity contribution in [3.8, 4) is 0 Å². The number of aliphatic hydroxyl groups excluding tert-OH is 4. The molecule has 0 radical (unpaired) electrons. The first-order valence-corrected chi connectivity index (χ1v) is 14.1. The Morgan fingerprint density at radius 3 is 2.17 bits per heavy atom. The highest BCUT2D eigenvalue weighted by atomic mass is 16.4. The van der Waals surface area contributed by atoms with Crippen LogP contribution in [0.4, 0.5) is 0 Å². The SMILES string of the molecule is CC1(C)CC[C@]2(C(=O)O)CC[C@]3(C)C(=CC[C@@H]4[C@]5(C)C(CC[C@]43C)[C@@](C)(CO)[C@H](O)[C@H](O)[C@H]5O)C2C1. The van der Waals surface area contributed by atoms with Crippen molar-refractivity contribution >= 4 is 5.97 Å². The predicted molar refractivity (Wildman–Crippen MR) is 137 cm³/mol. The van der Waals surface area contributed by atoms with Crippen LogP contribution in [0, 0.1) is 50.2 Å². The van der Waals surface area contributed by atoms with Gasteiger partial charge in [0.1, 0.15) is 6.10 Å². The molecule has 4 saturated carbocycles. The van der Waals surface area contributed by atoms with E-state index < -0.39 is 40.5 Å². The second-order valence-corrected chi connectivity index (χ2v) is 15.1. The fourth-order valence-corrected chi connectivity index (χ4v) is 10.7. The van der Waals surface area contributed by atoms with Gasteiger partial charge in [0.05, 0.1) is 24.2 Å². The number of carbonyl (C=O) groups is 1. The highest BCUT2D eigenvalue weighted by Gasteiger charge is 2.72. The Hall–Kier alpha value is -0.950. The van der Waals surface area contributed by atoms with Crippen LogP contribution in [0.1, 0.15) is 92.9 Å². The first kappa shape index (κ1) is 26.6. The second-order valence-electron chi connectivity index (χ2n) is 15.1. The van der Waals surface area contributed by atoms with Gasteiger partial charge >= 0.3 is 5.97 Å². The molecule has 0 spiro atoms. The van der Waals surface area contributed by atoms with Crippen molar-refractivity contribution in [2.45, 2.75) is 111 Å². The van der Waals surface area contributed by atoms with E-state index in [9.17, 15) is 30.3 Å². The van der Waals surface area contributed by atoms with Crippen LogP contribution in [-0.4, -0.2) is 56.4 Å². The van der Waals surface area contributed by atoms with E-state index in [1.165, 1.54) is 5.57 Å². The van der Waals surface area contributed by atoms with Gasteiger partial charge in [-0.25, -0.2) is 0 Å². The first-order valence-electron chi connectivity index (χ1n) is 14.1. The average Bonchev–Trinajstić information content (AvgIpc) is 2.81. The number of carboxylic acid groups (broad SMARTS) is 1. The summed E-state index contributed by atoms with van der Waals surface area (Å²) in [5, 5.41) is 54.4. The van der Waals surface area contributed by atoms with E-state index in [0.29, 0.717) is 6.42 Å². The minimum atomic E-state index is -1.31. The summed E-state index contributed by atoms with van der Waals surface area (Å²) in [4.78, 5) is 12.8. The van der Waals surface area contributed by atoms with Gasteiger partial charge in [-0.15, -0.1) is 0 Å².